The van der Waals surface area contributed by atoms with Crippen LogP contribution in [0.5, 0.6) is 0 Å². The second kappa shape index (κ2) is 5.93. The lowest BCUT2D eigenvalue weighted by molar-refractivity contribution is -0.385. The van der Waals surface area contributed by atoms with Crippen molar-refractivity contribution >= 4 is 34.5 Å². The molecular weight excluding hydrogens is 304 g/mol. The number of nitrogens with one attached hydrogen (secondary N) is 1. The zero-order valence-corrected chi connectivity index (χ0v) is 11.9. The second-order valence-corrected chi connectivity index (χ2v) is 5.12. The van der Waals surface area contributed by atoms with Crippen molar-refractivity contribution in [3.8, 4) is 0 Å². The fourth-order valence-corrected chi connectivity index (χ4v) is 2.46. The van der Waals surface area contributed by atoms with E-state index in [1.165, 1.54) is 23.6 Å². The molecule has 0 spiro atoms. The van der Waals surface area contributed by atoms with Crippen molar-refractivity contribution in [3.05, 3.63) is 49.2 Å². The van der Waals surface area contributed by atoms with Gasteiger partial charge in [0.2, 0.25) is 5.15 Å². The minimum Gasteiger partial charge on any atom is -0.345 e. The van der Waals surface area contributed by atoms with Gasteiger partial charge in [-0.1, -0.05) is 11.6 Å². The number of nitrogens with zero attached hydrogens (tertiary/aromatic N) is 3. The van der Waals surface area contributed by atoms with Gasteiger partial charge in [0.05, 0.1) is 11.5 Å². The summed E-state index contributed by atoms with van der Waals surface area (Å²) < 4.78 is 0. The number of amides is 1. The Morgan fingerprint density at radius 1 is 1.60 bits per heavy atom. The standard InChI is InChI=1S/C11H9ClN4O3S/c1-6-5-20-8(15-6)4-14-11(17)7-2-3-13-10(12)9(7)16(18)19/h2-3,5H,4H2,1H3,(H,14,17). The van der Waals surface area contributed by atoms with Crippen molar-refractivity contribution in [1.29, 1.82) is 0 Å². The van der Waals surface area contributed by atoms with Crippen LogP contribution in [0, 0.1) is 17.0 Å². The molecule has 0 unspecified atom stereocenters. The van der Waals surface area contributed by atoms with E-state index in [0.29, 0.717) is 0 Å². The molecule has 0 fully saturated rings. The van der Waals surface area contributed by atoms with Gasteiger partial charge in [-0.2, -0.15) is 0 Å². The number of aryl methyl sites for hydroxylation is 1. The number of rotatable bonds is 4. The Kier molecular flexibility index (Phi) is 4.26. The Morgan fingerprint density at radius 3 is 2.95 bits per heavy atom. The highest BCUT2D eigenvalue weighted by molar-refractivity contribution is 7.09. The van der Waals surface area contributed by atoms with Crippen LogP contribution in [0.1, 0.15) is 21.1 Å². The first-order chi connectivity index (χ1) is 9.49. The van der Waals surface area contributed by atoms with Crippen LogP contribution in [0.15, 0.2) is 17.6 Å². The molecule has 0 atom stereocenters. The summed E-state index contributed by atoms with van der Waals surface area (Å²) in [5.74, 6) is -0.589. The summed E-state index contributed by atoms with van der Waals surface area (Å²) in [7, 11) is 0. The van der Waals surface area contributed by atoms with E-state index in [4.69, 9.17) is 11.6 Å². The molecule has 0 radical (unpaired) electrons. The van der Waals surface area contributed by atoms with E-state index in [2.05, 4.69) is 15.3 Å². The maximum Gasteiger partial charge on any atom is 0.319 e. The molecule has 0 aliphatic rings. The third-order valence-electron chi connectivity index (χ3n) is 2.37. The van der Waals surface area contributed by atoms with Crippen LogP contribution in [0.4, 0.5) is 5.69 Å². The van der Waals surface area contributed by atoms with Gasteiger partial charge in [-0.3, -0.25) is 14.9 Å². The molecule has 0 saturated heterocycles. The highest BCUT2D eigenvalue weighted by Crippen LogP contribution is 2.25. The van der Waals surface area contributed by atoms with Gasteiger partial charge in [-0.05, 0) is 13.0 Å². The molecule has 2 aromatic heterocycles. The van der Waals surface area contributed by atoms with Gasteiger partial charge in [0, 0.05) is 17.3 Å². The Bertz CT molecular complexity index is 673. The van der Waals surface area contributed by atoms with E-state index in [9.17, 15) is 14.9 Å². The average Bonchev–Trinajstić information content (AvgIpc) is 2.81. The van der Waals surface area contributed by atoms with Crippen LogP contribution in [0.25, 0.3) is 0 Å². The average molecular weight is 313 g/mol. The van der Waals surface area contributed by atoms with Crippen molar-refractivity contribution in [2.45, 2.75) is 13.5 Å². The van der Waals surface area contributed by atoms with Gasteiger partial charge in [-0.25, -0.2) is 9.97 Å². The van der Waals surface area contributed by atoms with E-state index in [1.807, 2.05) is 12.3 Å². The lowest BCUT2D eigenvalue weighted by atomic mass is 10.2. The van der Waals surface area contributed by atoms with Crippen LogP contribution in [-0.4, -0.2) is 20.8 Å². The topological polar surface area (TPSA) is 98.0 Å². The van der Waals surface area contributed by atoms with Crippen LogP contribution < -0.4 is 5.32 Å². The number of hydrogen-bond donors (Lipinski definition) is 1. The molecule has 7 nitrogen and oxygen atoms in total. The number of hydrogen-bond acceptors (Lipinski definition) is 6. The van der Waals surface area contributed by atoms with Gasteiger partial charge in [0.1, 0.15) is 10.6 Å². The molecule has 1 amide bonds. The number of pyridine rings is 1. The molecule has 104 valence electrons. The molecule has 0 saturated carbocycles. The van der Waals surface area contributed by atoms with Crippen LogP contribution in [0.3, 0.4) is 0 Å². The summed E-state index contributed by atoms with van der Waals surface area (Å²) in [6.07, 6.45) is 1.25. The SMILES string of the molecule is Cc1csc(CNC(=O)c2ccnc(Cl)c2[N+](=O)[O-])n1. The van der Waals surface area contributed by atoms with Crippen LogP contribution in [-0.2, 0) is 6.54 Å². The van der Waals surface area contributed by atoms with E-state index in [1.54, 1.807) is 0 Å². The lowest BCUT2D eigenvalue weighted by Gasteiger charge is -2.04. The summed E-state index contributed by atoms with van der Waals surface area (Å²) in [6.45, 7) is 2.05. The Balaban J connectivity index is 2.17. The van der Waals surface area contributed by atoms with Crippen molar-refractivity contribution < 1.29 is 9.72 Å². The zero-order valence-electron chi connectivity index (χ0n) is 10.3. The number of nitro groups is 1. The number of aromatic nitrogens is 2. The molecule has 2 aromatic rings. The summed E-state index contributed by atoms with van der Waals surface area (Å²) in [5.41, 5.74) is 0.238. The number of carbonyl (C=O) groups is 1. The Morgan fingerprint density at radius 2 is 2.35 bits per heavy atom. The first-order valence-corrected chi connectivity index (χ1v) is 6.73. The van der Waals surface area contributed by atoms with Crippen molar-refractivity contribution in [1.82, 2.24) is 15.3 Å². The molecule has 2 rings (SSSR count). The van der Waals surface area contributed by atoms with Crippen molar-refractivity contribution in [3.63, 3.8) is 0 Å². The Hall–Kier alpha value is -2.06. The predicted octanol–water partition coefficient (Wildman–Crippen LogP) is 2.34. The maximum atomic E-state index is 12.0. The van der Waals surface area contributed by atoms with E-state index in [-0.39, 0.29) is 17.3 Å². The number of carbonyl (C=O) groups excluding carboxylic acids is 1. The molecule has 9 heteroatoms. The fourth-order valence-electron chi connectivity index (χ4n) is 1.52. The molecule has 0 aromatic carbocycles. The number of halogens is 1. The largest absolute Gasteiger partial charge is 0.345 e. The van der Waals surface area contributed by atoms with Gasteiger partial charge >= 0.3 is 5.69 Å². The molecule has 20 heavy (non-hydrogen) atoms. The zero-order chi connectivity index (χ0) is 14.7. The molecule has 0 aliphatic heterocycles. The van der Waals surface area contributed by atoms with Crippen molar-refractivity contribution in [2.75, 3.05) is 0 Å². The molecule has 1 N–H and O–H groups in total. The van der Waals surface area contributed by atoms with E-state index < -0.39 is 16.5 Å². The normalized spacial score (nSPS) is 10.3. The summed E-state index contributed by atoms with van der Waals surface area (Å²) >= 11 is 7.05. The van der Waals surface area contributed by atoms with Gasteiger partial charge in [0.15, 0.2) is 0 Å². The monoisotopic (exact) mass is 312 g/mol. The molecule has 2 heterocycles. The highest BCUT2D eigenvalue weighted by Gasteiger charge is 2.24. The van der Waals surface area contributed by atoms with Crippen molar-refractivity contribution in [2.24, 2.45) is 0 Å². The fraction of sp³-hybridized carbons (Fsp3) is 0.182. The second-order valence-electron chi connectivity index (χ2n) is 3.82. The lowest BCUT2D eigenvalue weighted by Crippen LogP contribution is -2.23. The third-order valence-corrected chi connectivity index (χ3v) is 3.62. The summed E-state index contributed by atoms with van der Waals surface area (Å²) in [5, 5.41) is 15.7. The molecule has 0 bridgehead atoms. The van der Waals surface area contributed by atoms with Gasteiger partial charge in [-0.15, -0.1) is 11.3 Å². The molecular formula is C11H9ClN4O3S. The summed E-state index contributed by atoms with van der Waals surface area (Å²) in [4.78, 5) is 29.9. The first-order valence-electron chi connectivity index (χ1n) is 5.47. The molecule has 0 aliphatic carbocycles. The summed E-state index contributed by atoms with van der Waals surface area (Å²) in [6, 6.07) is 1.26. The Labute approximate surface area is 122 Å². The highest BCUT2D eigenvalue weighted by atomic mass is 35.5. The third kappa shape index (κ3) is 3.09. The van der Waals surface area contributed by atoms with Crippen LogP contribution in [0.2, 0.25) is 5.15 Å². The van der Waals surface area contributed by atoms with Gasteiger partial charge < -0.3 is 5.32 Å². The van der Waals surface area contributed by atoms with E-state index in [0.717, 1.165) is 10.7 Å². The maximum absolute atomic E-state index is 12.0. The predicted molar refractivity (Wildman–Crippen MR) is 73.9 cm³/mol. The minimum absolute atomic E-state index is 0.122. The van der Waals surface area contributed by atoms with Crippen LogP contribution >= 0.6 is 22.9 Å². The quantitative estimate of drug-likeness (QED) is 0.531. The minimum atomic E-state index is -0.724. The first kappa shape index (κ1) is 14.4. The van der Waals surface area contributed by atoms with E-state index >= 15 is 0 Å². The number of thiazole rings is 1. The smallest absolute Gasteiger partial charge is 0.319 e. The van der Waals surface area contributed by atoms with Gasteiger partial charge in [0.25, 0.3) is 5.91 Å².